The van der Waals surface area contributed by atoms with Crippen LogP contribution in [0.3, 0.4) is 0 Å². The van der Waals surface area contributed by atoms with Crippen LogP contribution in [0.15, 0.2) is 53.9 Å². The van der Waals surface area contributed by atoms with Crippen LogP contribution < -0.4 is 16.0 Å². The van der Waals surface area contributed by atoms with Crippen molar-refractivity contribution in [2.45, 2.75) is 18.9 Å². The lowest BCUT2D eigenvalue weighted by molar-refractivity contribution is -0.122. The number of hydrogen-bond donors (Lipinski definition) is 2. The van der Waals surface area contributed by atoms with E-state index in [1.54, 1.807) is 30.0 Å². The highest BCUT2D eigenvalue weighted by molar-refractivity contribution is 7.98. The Balaban J connectivity index is 1.58. The van der Waals surface area contributed by atoms with Gasteiger partial charge in [-0.1, -0.05) is 30.3 Å². The molecule has 9 heteroatoms. The molecule has 1 aromatic heterocycles. The number of benzene rings is 2. The van der Waals surface area contributed by atoms with Gasteiger partial charge in [0, 0.05) is 22.2 Å². The molecule has 164 valence electrons. The number of carbonyl (C=O) groups excluding carboxylic acids is 3. The Morgan fingerprint density at radius 2 is 2.03 bits per heavy atom. The number of nitrogens with zero attached hydrogens (tertiary/aromatic N) is 2. The van der Waals surface area contributed by atoms with Crippen LogP contribution in [0, 0.1) is 0 Å². The molecule has 3 aromatic rings. The van der Waals surface area contributed by atoms with Crippen molar-refractivity contribution in [1.29, 1.82) is 0 Å². The molecular formula is C23H22N4O3S2. The molecule has 0 radical (unpaired) electrons. The SMILES string of the molecule is CSCC[C@@H](C(=O)Nc1nc(-c2ccccc2)cs1)N1C(=O)Cc2cc(C(N)=O)ccc21. The third-order valence-corrected chi connectivity index (χ3v) is 6.65. The largest absolute Gasteiger partial charge is 0.366 e. The van der Waals surface area contributed by atoms with Crippen molar-refractivity contribution < 1.29 is 14.4 Å². The first kappa shape index (κ1) is 22.0. The number of nitrogens with one attached hydrogen (secondary N) is 1. The molecule has 0 bridgehead atoms. The summed E-state index contributed by atoms with van der Waals surface area (Å²) in [5, 5.41) is 5.27. The molecule has 0 unspecified atom stereocenters. The number of anilines is 2. The molecule has 0 fully saturated rings. The quantitative estimate of drug-likeness (QED) is 0.528. The molecule has 0 saturated carbocycles. The first-order valence-electron chi connectivity index (χ1n) is 10.0. The van der Waals surface area contributed by atoms with Crippen molar-refractivity contribution >= 4 is 51.6 Å². The molecule has 4 rings (SSSR count). The Bertz CT molecular complexity index is 1160. The molecule has 2 aromatic carbocycles. The lowest BCUT2D eigenvalue weighted by Gasteiger charge is -2.27. The lowest BCUT2D eigenvalue weighted by Crippen LogP contribution is -2.46. The summed E-state index contributed by atoms with van der Waals surface area (Å²) in [5.74, 6) is -0.294. The average Bonchev–Trinajstić information content (AvgIpc) is 3.38. The van der Waals surface area contributed by atoms with E-state index in [1.807, 2.05) is 42.0 Å². The number of fused-ring (bicyclic) bond motifs is 1. The van der Waals surface area contributed by atoms with Gasteiger partial charge in [0.25, 0.3) is 0 Å². The molecule has 1 aliphatic heterocycles. The number of thioether (sulfide) groups is 1. The maximum atomic E-state index is 13.3. The molecular weight excluding hydrogens is 444 g/mol. The number of rotatable bonds is 8. The van der Waals surface area contributed by atoms with Crippen LogP contribution >= 0.6 is 23.1 Å². The molecule has 0 saturated heterocycles. The summed E-state index contributed by atoms with van der Waals surface area (Å²) in [6.07, 6.45) is 2.59. The number of hydrogen-bond acceptors (Lipinski definition) is 6. The average molecular weight is 467 g/mol. The van der Waals surface area contributed by atoms with E-state index in [-0.39, 0.29) is 18.2 Å². The standard InChI is InChI=1S/C23H22N4O3S2/c1-31-10-9-19(27-18-8-7-15(21(24)29)11-16(18)12-20(27)28)22(30)26-23-25-17(13-32-23)14-5-3-2-4-6-14/h2-8,11,13,19H,9-10,12H2,1H3,(H2,24,29)(H,25,26,30)/t19-/m0/s1. The van der Waals surface area contributed by atoms with Gasteiger partial charge in [-0.05, 0) is 42.2 Å². The lowest BCUT2D eigenvalue weighted by atomic mass is 10.1. The van der Waals surface area contributed by atoms with Crippen molar-refractivity contribution in [2.75, 3.05) is 22.2 Å². The second kappa shape index (κ2) is 9.54. The van der Waals surface area contributed by atoms with Crippen LogP contribution in [0.5, 0.6) is 0 Å². The predicted molar refractivity (Wildman–Crippen MR) is 129 cm³/mol. The van der Waals surface area contributed by atoms with Gasteiger partial charge in [-0.3, -0.25) is 19.3 Å². The van der Waals surface area contributed by atoms with Crippen LogP contribution in [0.25, 0.3) is 11.3 Å². The molecule has 0 aliphatic carbocycles. The maximum Gasteiger partial charge on any atom is 0.249 e. The second-order valence-corrected chi connectivity index (χ2v) is 9.18. The van der Waals surface area contributed by atoms with Gasteiger partial charge in [-0.15, -0.1) is 11.3 Å². The van der Waals surface area contributed by atoms with Gasteiger partial charge in [0.15, 0.2) is 5.13 Å². The summed E-state index contributed by atoms with van der Waals surface area (Å²) in [5.41, 5.74) is 8.82. The van der Waals surface area contributed by atoms with Gasteiger partial charge in [0.2, 0.25) is 17.7 Å². The Morgan fingerprint density at radius 1 is 1.25 bits per heavy atom. The Kier molecular flexibility index (Phi) is 6.57. The van der Waals surface area contributed by atoms with Crippen molar-refractivity contribution in [3.8, 4) is 11.3 Å². The van der Waals surface area contributed by atoms with E-state index in [4.69, 9.17) is 5.73 Å². The second-order valence-electron chi connectivity index (χ2n) is 7.34. The van der Waals surface area contributed by atoms with Crippen LogP contribution in [-0.4, -0.2) is 40.8 Å². The minimum atomic E-state index is -0.681. The third-order valence-electron chi connectivity index (χ3n) is 5.25. The summed E-state index contributed by atoms with van der Waals surface area (Å²) in [7, 11) is 0. The van der Waals surface area contributed by atoms with Gasteiger partial charge >= 0.3 is 0 Å². The highest BCUT2D eigenvalue weighted by atomic mass is 32.2. The smallest absolute Gasteiger partial charge is 0.249 e. The minimum absolute atomic E-state index is 0.134. The van der Waals surface area contributed by atoms with Gasteiger partial charge in [-0.25, -0.2) is 4.98 Å². The Hall–Kier alpha value is -3.17. The normalized spacial score (nSPS) is 13.7. The summed E-state index contributed by atoms with van der Waals surface area (Å²) in [6.45, 7) is 0. The number of carbonyl (C=O) groups is 3. The van der Waals surface area contributed by atoms with Crippen LogP contribution in [-0.2, 0) is 16.0 Å². The number of thiazole rings is 1. The maximum absolute atomic E-state index is 13.3. The van der Waals surface area contributed by atoms with Crippen LogP contribution in [0.1, 0.15) is 22.3 Å². The van der Waals surface area contributed by atoms with Crippen LogP contribution in [0.4, 0.5) is 10.8 Å². The zero-order valence-corrected chi connectivity index (χ0v) is 19.0. The predicted octanol–water partition coefficient (Wildman–Crippen LogP) is 3.56. The summed E-state index contributed by atoms with van der Waals surface area (Å²) >= 11 is 2.96. The Morgan fingerprint density at radius 3 is 2.75 bits per heavy atom. The van der Waals surface area contributed by atoms with Crippen LogP contribution in [0.2, 0.25) is 0 Å². The fourth-order valence-electron chi connectivity index (χ4n) is 3.71. The topological polar surface area (TPSA) is 105 Å². The molecule has 7 nitrogen and oxygen atoms in total. The van der Waals surface area contributed by atoms with E-state index in [2.05, 4.69) is 10.3 Å². The summed E-state index contributed by atoms with van der Waals surface area (Å²) in [6, 6.07) is 14.0. The van der Waals surface area contributed by atoms with Gasteiger partial charge in [0.05, 0.1) is 12.1 Å². The molecule has 3 N–H and O–H groups in total. The monoisotopic (exact) mass is 466 g/mol. The van der Waals surface area contributed by atoms with E-state index < -0.39 is 11.9 Å². The Labute approximate surface area is 194 Å². The van der Waals surface area contributed by atoms with Gasteiger partial charge in [-0.2, -0.15) is 11.8 Å². The van der Waals surface area contributed by atoms with E-state index in [0.717, 1.165) is 11.3 Å². The zero-order chi connectivity index (χ0) is 22.7. The highest BCUT2D eigenvalue weighted by Crippen LogP contribution is 2.33. The van der Waals surface area contributed by atoms with Gasteiger partial charge < -0.3 is 11.1 Å². The molecule has 0 spiro atoms. The molecule has 1 aliphatic rings. The number of primary amides is 1. The van der Waals surface area contributed by atoms with E-state index in [1.165, 1.54) is 16.2 Å². The number of nitrogens with two attached hydrogens (primary N) is 1. The molecule has 2 heterocycles. The van der Waals surface area contributed by atoms with E-state index >= 15 is 0 Å². The molecule has 3 amide bonds. The van der Waals surface area contributed by atoms with Crippen molar-refractivity contribution in [3.63, 3.8) is 0 Å². The number of aromatic nitrogens is 1. The third kappa shape index (κ3) is 4.53. The highest BCUT2D eigenvalue weighted by Gasteiger charge is 2.37. The van der Waals surface area contributed by atoms with Gasteiger partial charge in [0.1, 0.15) is 6.04 Å². The fourth-order valence-corrected chi connectivity index (χ4v) is 4.89. The fraction of sp³-hybridized carbons (Fsp3) is 0.217. The number of amides is 3. The molecule has 32 heavy (non-hydrogen) atoms. The van der Waals surface area contributed by atoms with E-state index in [9.17, 15) is 14.4 Å². The van der Waals surface area contributed by atoms with Crippen molar-refractivity contribution in [1.82, 2.24) is 4.98 Å². The van der Waals surface area contributed by atoms with Crippen molar-refractivity contribution in [2.24, 2.45) is 5.73 Å². The summed E-state index contributed by atoms with van der Waals surface area (Å²) < 4.78 is 0. The van der Waals surface area contributed by atoms with E-state index in [0.29, 0.717) is 34.1 Å². The first-order chi connectivity index (χ1) is 15.5. The van der Waals surface area contributed by atoms with Crippen molar-refractivity contribution in [3.05, 3.63) is 65.0 Å². The first-order valence-corrected chi connectivity index (χ1v) is 12.3. The molecule has 1 atom stereocenters. The zero-order valence-electron chi connectivity index (χ0n) is 17.4. The minimum Gasteiger partial charge on any atom is -0.366 e. The summed E-state index contributed by atoms with van der Waals surface area (Å²) in [4.78, 5) is 43.7.